The molecule has 0 fully saturated rings. The predicted molar refractivity (Wildman–Crippen MR) is 110 cm³/mol. The maximum absolute atomic E-state index is 11.2. The van der Waals surface area contributed by atoms with Crippen LogP contribution in [-0.2, 0) is 16.0 Å². The van der Waals surface area contributed by atoms with E-state index >= 15 is 0 Å². The maximum Gasteiger partial charge on any atom is 0.411 e. The fourth-order valence-electron chi connectivity index (χ4n) is 2.53. The number of ether oxygens (including phenoxy) is 2. The summed E-state index contributed by atoms with van der Waals surface area (Å²) < 4.78 is 10.4. The predicted octanol–water partition coefficient (Wildman–Crippen LogP) is 3.37. The molecular formula is C20H34N4O3. The summed E-state index contributed by atoms with van der Waals surface area (Å²) in [5, 5.41) is 9.25. The molecule has 1 aromatic carbocycles. The molecule has 1 aromatic rings. The van der Waals surface area contributed by atoms with Crippen molar-refractivity contribution in [1.82, 2.24) is 10.6 Å². The van der Waals surface area contributed by atoms with Crippen molar-refractivity contribution < 1.29 is 14.3 Å². The quantitative estimate of drug-likeness (QED) is 0.429. The fourth-order valence-corrected chi connectivity index (χ4v) is 2.53. The van der Waals surface area contributed by atoms with Crippen LogP contribution in [0.2, 0.25) is 0 Å². The van der Waals surface area contributed by atoms with Gasteiger partial charge < -0.3 is 20.1 Å². The van der Waals surface area contributed by atoms with Crippen molar-refractivity contribution in [1.29, 1.82) is 0 Å². The Morgan fingerprint density at radius 1 is 1.15 bits per heavy atom. The van der Waals surface area contributed by atoms with Crippen LogP contribution in [0.5, 0.6) is 0 Å². The van der Waals surface area contributed by atoms with Gasteiger partial charge >= 0.3 is 6.09 Å². The third-order valence-corrected chi connectivity index (χ3v) is 4.00. The minimum atomic E-state index is -0.480. The van der Waals surface area contributed by atoms with Gasteiger partial charge in [-0.25, -0.2) is 9.79 Å². The van der Waals surface area contributed by atoms with E-state index in [1.807, 2.05) is 38.1 Å². The Bertz CT molecular complexity index is 573. The maximum atomic E-state index is 11.2. The summed E-state index contributed by atoms with van der Waals surface area (Å²) in [6, 6.07) is 7.53. The minimum absolute atomic E-state index is 0.250. The van der Waals surface area contributed by atoms with Crippen LogP contribution < -0.4 is 16.0 Å². The molecule has 0 aliphatic heterocycles. The third kappa shape index (κ3) is 9.28. The number of guanidine groups is 1. The van der Waals surface area contributed by atoms with Crippen molar-refractivity contribution in [2.45, 2.75) is 46.8 Å². The lowest BCUT2D eigenvalue weighted by molar-refractivity contribution is 0.0258. The highest BCUT2D eigenvalue weighted by Gasteiger charge is 2.12. The molecule has 0 saturated heterocycles. The monoisotopic (exact) mass is 378 g/mol. The first-order chi connectivity index (χ1) is 13.0. The second-order valence-electron chi connectivity index (χ2n) is 6.46. The minimum Gasteiger partial charge on any atom is -0.453 e. The van der Waals surface area contributed by atoms with Crippen LogP contribution in [0.15, 0.2) is 29.3 Å². The summed E-state index contributed by atoms with van der Waals surface area (Å²) in [5.74, 6) is 1.27. The Balaban J connectivity index is 2.56. The Morgan fingerprint density at radius 2 is 1.85 bits per heavy atom. The Labute approximate surface area is 162 Å². The van der Waals surface area contributed by atoms with E-state index in [0.717, 1.165) is 37.6 Å². The summed E-state index contributed by atoms with van der Waals surface area (Å²) in [7, 11) is 1.34. The molecule has 0 aliphatic carbocycles. The van der Waals surface area contributed by atoms with Crippen molar-refractivity contribution in [2.75, 3.05) is 32.1 Å². The Morgan fingerprint density at radius 3 is 2.41 bits per heavy atom. The number of hydrogen-bond acceptors (Lipinski definition) is 4. The molecule has 0 aromatic heterocycles. The van der Waals surface area contributed by atoms with E-state index in [9.17, 15) is 4.79 Å². The van der Waals surface area contributed by atoms with Crippen LogP contribution in [0.4, 0.5) is 10.5 Å². The molecule has 1 amide bonds. The number of methoxy groups -OCH3 is 1. The molecule has 152 valence electrons. The molecule has 0 bridgehead atoms. The number of anilines is 1. The number of carbonyl (C=O) groups is 1. The molecule has 0 spiro atoms. The molecule has 0 aliphatic rings. The zero-order valence-electron chi connectivity index (χ0n) is 17.2. The van der Waals surface area contributed by atoms with E-state index in [1.165, 1.54) is 7.11 Å². The Kier molecular flexibility index (Phi) is 10.9. The number of amides is 1. The van der Waals surface area contributed by atoms with Gasteiger partial charge in [-0.2, -0.15) is 0 Å². The SMILES string of the molecule is CCNC(=NCc1ccc(NC(=O)OC)cc1)NCCC(OCC)C(C)C. The van der Waals surface area contributed by atoms with Crippen LogP contribution in [-0.4, -0.2) is 45.0 Å². The molecule has 0 saturated carbocycles. The summed E-state index contributed by atoms with van der Waals surface area (Å²) in [6.07, 6.45) is 0.704. The molecule has 27 heavy (non-hydrogen) atoms. The molecular weight excluding hydrogens is 344 g/mol. The van der Waals surface area contributed by atoms with Crippen LogP contribution in [0.3, 0.4) is 0 Å². The van der Waals surface area contributed by atoms with Crippen molar-refractivity contribution in [3.8, 4) is 0 Å². The van der Waals surface area contributed by atoms with Crippen molar-refractivity contribution in [2.24, 2.45) is 10.9 Å². The van der Waals surface area contributed by atoms with Gasteiger partial charge in [0.2, 0.25) is 0 Å². The molecule has 1 atom stereocenters. The second-order valence-corrected chi connectivity index (χ2v) is 6.46. The number of nitrogens with one attached hydrogen (secondary N) is 3. The summed E-state index contributed by atoms with van der Waals surface area (Å²) in [6.45, 7) is 11.3. The summed E-state index contributed by atoms with van der Waals surface area (Å²) in [4.78, 5) is 15.8. The summed E-state index contributed by atoms with van der Waals surface area (Å²) >= 11 is 0. The van der Waals surface area contributed by atoms with Crippen LogP contribution in [0.25, 0.3) is 0 Å². The van der Waals surface area contributed by atoms with E-state index in [2.05, 4.69) is 39.5 Å². The lowest BCUT2D eigenvalue weighted by Gasteiger charge is -2.21. The van der Waals surface area contributed by atoms with E-state index in [4.69, 9.17) is 4.74 Å². The summed E-state index contributed by atoms with van der Waals surface area (Å²) in [5.41, 5.74) is 1.74. The van der Waals surface area contributed by atoms with Crippen molar-refractivity contribution in [3.05, 3.63) is 29.8 Å². The highest BCUT2D eigenvalue weighted by atomic mass is 16.5. The third-order valence-electron chi connectivity index (χ3n) is 4.00. The lowest BCUT2D eigenvalue weighted by Crippen LogP contribution is -2.39. The second kappa shape index (κ2) is 13.0. The first-order valence-electron chi connectivity index (χ1n) is 9.57. The number of benzene rings is 1. The molecule has 1 unspecified atom stereocenters. The standard InChI is InChI=1S/C20H34N4O3/c1-6-21-19(22-13-12-18(15(3)4)27-7-2)23-14-16-8-10-17(11-9-16)24-20(25)26-5/h8-11,15,18H,6-7,12-14H2,1-5H3,(H,24,25)(H2,21,22,23). The molecule has 3 N–H and O–H groups in total. The first-order valence-corrected chi connectivity index (χ1v) is 9.57. The van der Waals surface area contributed by atoms with Gasteiger partial charge in [0.15, 0.2) is 5.96 Å². The normalized spacial score (nSPS) is 12.6. The van der Waals surface area contributed by atoms with E-state index in [1.54, 1.807) is 0 Å². The fraction of sp³-hybridized carbons (Fsp3) is 0.600. The molecule has 7 heteroatoms. The van der Waals surface area contributed by atoms with Gasteiger partial charge in [0, 0.05) is 25.4 Å². The number of aliphatic imine (C=N–C) groups is 1. The van der Waals surface area contributed by atoms with Gasteiger partial charge in [-0.15, -0.1) is 0 Å². The molecule has 1 rings (SSSR count). The lowest BCUT2D eigenvalue weighted by atomic mass is 10.0. The van der Waals surface area contributed by atoms with Gasteiger partial charge in [0.25, 0.3) is 0 Å². The smallest absolute Gasteiger partial charge is 0.411 e. The first kappa shape index (κ1) is 22.8. The zero-order chi connectivity index (χ0) is 20.1. The Hall–Kier alpha value is -2.28. The number of nitrogens with zero attached hydrogens (tertiary/aromatic N) is 1. The average molecular weight is 379 g/mol. The molecule has 0 radical (unpaired) electrons. The average Bonchev–Trinajstić information content (AvgIpc) is 2.66. The molecule has 7 nitrogen and oxygen atoms in total. The number of carbonyl (C=O) groups excluding carboxylic acids is 1. The van der Waals surface area contributed by atoms with Crippen LogP contribution >= 0.6 is 0 Å². The molecule has 0 heterocycles. The van der Waals surface area contributed by atoms with Gasteiger partial charge in [0.1, 0.15) is 0 Å². The van der Waals surface area contributed by atoms with E-state index < -0.39 is 6.09 Å². The van der Waals surface area contributed by atoms with E-state index in [-0.39, 0.29) is 6.10 Å². The largest absolute Gasteiger partial charge is 0.453 e. The van der Waals surface area contributed by atoms with Crippen molar-refractivity contribution >= 4 is 17.7 Å². The highest BCUT2D eigenvalue weighted by Crippen LogP contribution is 2.11. The van der Waals surface area contributed by atoms with E-state index in [0.29, 0.717) is 18.2 Å². The van der Waals surface area contributed by atoms with Gasteiger partial charge in [0.05, 0.1) is 19.8 Å². The zero-order valence-corrected chi connectivity index (χ0v) is 17.2. The number of hydrogen-bond donors (Lipinski definition) is 3. The van der Waals surface area contributed by atoms with Crippen molar-refractivity contribution in [3.63, 3.8) is 0 Å². The number of rotatable bonds is 10. The van der Waals surface area contributed by atoms with Crippen LogP contribution in [0, 0.1) is 5.92 Å². The van der Waals surface area contributed by atoms with Gasteiger partial charge in [-0.1, -0.05) is 26.0 Å². The van der Waals surface area contributed by atoms with Gasteiger partial charge in [-0.3, -0.25) is 5.32 Å². The van der Waals surface area contributed by atoms with Gasteiger partial charge in [-0.05, 0) is 43.9 Å². The van der Waals surface area contributed by atoms with Crippen LogP contribution in [0.1, 0.15) is 39.7 Å². The topological polar surface area (TPSA) is 84.0 Å². The highest BCUT2D eigenvalue weighted by molar-refractivity contribution is 5.84.